The van der Waals surface area contributed by atoms with Gasteiger partial charge in [-0.25, -0.2) is 4.79 Å². The van der Waals surface area contributed by atoms with Crippen LogP contribution in [0.3, 0.4) is 0 Å². The summed E-state index contributed by atoms with van der Waals surface area (Å²) in [6.07, 6.45) is 0. The molecule has 1 rings (SSSR count). The van der Waals surface area contributed by atoms with Gasteiger partial charge in [0.2, 0.25) is 5.17 Å². The van der Waals surface area contributed by atoms with E-state index in [4.69, 9.17) is 11.6 Å². The first-order chi connectivity index (χ1) is 8.56. The summed E-state index contributed by atoms with van der Waals surface area (Å²) in [7, 11) is 0. The van der Waals surface area contributed by atoms with E-state index in [1.165, 1.54) is 18.2 Å². The van der Waals surface area contributed by atoms with Crippen molar-refractivity contribution >= 4 is 34.1 Å². The number of para-hydroxylation sites is 2. The summed E-state index contributed by atoms with van der Waals surface area (Å²) in [5, 5.41) is 13.8. The minimum atomic E-state index is -0.801. The van der Waals surface area contributed by atoms with Crippen molar-refractivity contribution in [2.45, 2.75) is 6.92 Å². The monoisotopic (exact) mass is 271 g/mol. The molecule has 0 fully saturated rings. The van der Waals surface area contributed by atoms with E-state index in [0.717, 1.165) is 0 Å². The number of nitrogens with zero attached hydrogens (tertiary/aromatic N) is 2. The number of carbonyl (C=O) groups excluding carboxylic acids is 1. The molecule has 96 valence electrons. The van der Waals surface area contributed by atoms with Crippen LogP contribution in [0.4, 0.5) is 11.4 Å². The molecule has 0 bridgehead atoms. The smallest absolute Gasteiger partial charge is 0.370 e. The number of anilines is 1. The topological polar surface area (TPSA) is 93.8 Å². The first-order valence-corrected chi connectivity index (χ1v) is 5.33. The maximum Gasteiger partial charge on any atom is 0.370 e. The molecule has 0 aliphatic heterocycles. The molecule has 0 atom stereocenters. The maximum absolute atomic E-state index is 11.1. The number of nitro groups is 1. The Morgan fingerprint density at radius 1 is 1.56 bits per heavy atom. The number of hydrogen-bond donors (Lipinski definition) is 1. The Morgan fingerprint density at radius 2 is 2.22 bits per heavy atom. The minimum Gasteiger partial charge on any atom is -0.461 e. The highest BCUT2D eigenvalue weighted by Crippen LogP contribution is 2.23. The molecule has 18 heavy (non-hydrogen) atoms. The van der Waals surface area contributed by atoms with Gasteiger partial charge >= 0.3 is 5.97 Å². The average molecular weight is 272 g/mol. The summed E-state index contributed by atoms with van der Waals surface area (Å²) >= 11 is 5.53. The summed E-state index contributed by atoms with van der Waals surface area (Å²) in [6.45, 7) is 1.79. The van der Waals surface area contributed by atoms with Gasteiger partial charge in [-0.2, -0.15) is 5.10 Å². The highest BCUT2D eigenvalue weighted by atomic mass is 35.5. The zero-order chi connectivity index (χ0) is 13.5. The van der Waals surface area contributed by atoms with E-state index < -0.39 is 16.1 Å². The largest absolute Gasteiger partial charge is 0.461 e. The molecule has 0 aliphatic rings. The molecule has 1 N–H and O–H groups in total. The molecule has 0 radical (unpaired) electrons. The fraction of sp³-hybridized carbons (Fsp3) is 0.200. The number of nitro benzene ring substituents is 1. The van der Waals surface area contributed by atoms with Gasteiger partial charge in [-0.1, -0.05) is 23.7 Å². The zero-order valence-electron chi connectivity index (χ0n) is 9.42. The molecule has 0 saturated carbocycles. The molecule has 8 heteroatoms. The van der Waals surface area contributed by atoms with Crippen molar-refractivity contribution in [3.05, 3.63) is 34.4 Å². The molecule has 0 spiro atoms. The second-order valence-corrected chi connectivity index (χ2v) is 3.37. The van der Waals surface area contributed by atoms with Crippen LogP contribution in [0.1, 0.15) is 6.92 Å². The number of halogens is 1. The van der Waals surface area contributed by atoms with Crippen LogP contribution in [0.25, 0.3) is 0 Å². The van der Waals surface area contributed by atoms with E-state index in [0.29, 0.717) is 0 Å². The van der Waals surface area contributed by atoms with Crippen molar-refractivity contribution in [2.75, 3.05) is 12.0 Å². The van der Waals surface area contributed by atoms with E-state index in [9.17, 15) is 14.9 Å². The summed E-state index contributed by atoms with van der Waals surface area (Å²) in [5.41, 5.74) is 2.31. The van der Waals surface area contributed by atoms with Gasteiger partial charge in [0.15, 0.2) is 0 Å². The number of hydrogen-bond acceptors (Lipinski definition) is 6. The second kappa shape index (κ2) is 6.55. The molecule has 1 aromatic rings. The van der Waals surface area contributed by atoms with Crippen LogP contribution < -0.4 is 5.43 Å². The highest BCUT2D eigenvalue weighted by Gasteiger charge is 2.13. The van der Waals surface area contributed by atoms with Gasteiger partial charge < -0.3 is 4.74 Å². The molecule has 1 aromatic carbocycles. The van der Waals surface area contributed by atoms with E-state index in [-0.39, 0.29) is 18.0 Å². The van der Waals surface area contributed by atoms with Gasteiger partial charge in [0.05, 0.1) is 11.5 Å². The van der Waals surface area contributed by atoms with Crippen molar-refractivity contribution in [3.8, 4) is 0 Å². The first kappa shape index (κ1) is 13.9. The fourth-order valence-electron chi connectivity index (χ4n) is 1.07. The lowest BCUT2D eigenvalue weighted by atomic mass is 10.3. The lowest BCUT2D eigenvalue weighted by molar-refractivity contribution is -0.384. The van der Waals surface area contributed by atoms with Crippen molar-refractivity contribution in [1.29, 1.82) is 0 Å². The Hall–Kier alpha value is -2.15. The predicted octanol–water partition coefficient (Wildman–Crippen LogP) is 2.12. The third-order valence-electron chi connectivity index (χ3n) is 1.82. The number of carbonyl (C=O) groups is 1. The summed E-state index contributed by atoms with van der Waals surface area (Å²) in [6, 6.07) is 5.84. The quantitative estimate of drug-likeness (QED) is 0.383. The second-order valence-electron chi connectivity index (χ2n) is 3.01. The predicted molar refractivity (Wildman–Crippen MR) is 66.6 cm³/mol. The fourth-order valence-corrected chi connectivity index (χ4v) is 1.17. The van der Waals surface area contributed by atoms with Gasteiger partial charge in [0.25, 0.3) is 5.69 Å². The van der Waals surface area contributed by atoms with Crippen molar-refractivity contribution < 1.29 is 14.5 Å². The van der Waals surface area contributed by atoms with Crippen molar-refractivity contribution in [2.24, 2.45) is 5.10 Å². The Labute approximate surface area is 108 Å². The first-order valence-electron chi connectivity index (χ1n) is 4.96. The third-order valence-corrected chi connectivity index (χ3v) is 2.06. The van der Waals surface area contributed by atoms with Crippen molar-refractivity contribution in [1.82, 2.24) is 0 Å². The van der Waals surface area contributed by atoms with Gasteiger partial charge in [-0.3, -0.25) is 15.5 Å². The number of ether oxygens (including phenoxy) is 1. The molecular weight excluding hydrogens is 262 g/mol. The standard InChI is InChI=1S/C10H10ClN3O4/c1-2-18-10(15)9(11)13-12-7-5-3-4-6-8(7)14(16)17/h3-6,12H,2H2,1H3/b13-9-. The summed E-state index contributed by atoms with van der Waals surface area (Å²) in [5.74, 6) is -0.801. The van der Waals surface area contributed by atoms with E-state index in [2.05, 4.69) is 15.3 Å². The number of rotatable bonds is 5. The van der Waals surface area contributed by atoms with Gasteiger partial charge in [0, 0.05) is 6.07 Å². The summed E-state index contributed by atoms with van der Waals surface area (Å²) in [4.78, 5) is 21.2. The van der Waals surface area contributed by atoms with Crippen LogP contribution >= 0.6 is 11.6 Å². The van der Waals surface area contributed by atoms with Gasteiger partial charge in [-0.05, 0) is 13.0 Å². The Kier molecular flexibility index (Phi) is 5.06. The molecule has 0 aliphatic carbocycles. The van der Waals surface area contributed by atoms with Gasteiger partial charge in [-0.15, -0.1) is 0 Å². The lowest BCUT2D eigenvalue weighted by Gasteiger charge is -2.02. The number of benzene rings is 1. The van der Waals surface area contributed by atoms with E-state index in [1.54, 1.807) is 13.0 Å². The Bertz CT molecular complexity index is 490. The Balaban J connectivity index is 2.83. The lowest BCUT2D eigenvalue weighted by Crippen LogP contribution is -2.13. The molecule has 0 amide bonds. The van der Waals surface area contributed by atoms with Crippen molar-refractivity contribution in [3.63, 3.8) is 0 Å². The SMILES string of the molecule is CCOC(=O)/C(Cl)=N/Nc1ccccc1[N+](=O)[O-]. The van der Waals surface area contributed by atoms with Crippen LogP contribution in [0.2, 0.25) is 0 Å². The molecule has 7 nitrogen and oxygen atoms in total. The zero-order valence-corrected chi connectivity index (χ0v) is 10.2. The molecular formula is C10H10ClN3O4. The van der Waals surface area contributed by atoms with Crippen LogP contribution in [-0.4, -0.2) is 22.7 Å². The van der Waals surface area contributed by atoms with Crippen LogP contribution in [0.15, 0.2) is 29.4 Å². The number of hydrazone groups is 1. The van der Waals surface area contributed by atoms with Gasteiger partial charge in [0.1, 0.15) is 5.69 Å². The van der Waals surface area contributed by atoms with Crippen LogP contribution in [0.5, 0.6) is 0 Å². The average Bonchev–Trinajstić information content (AvgIpc) is 2.36. The third kappa shape index (κ3) is 3.70. The maximum atomic E-state index is 11.1. The number of nitrogens with one attached hydrogen (secondary N) is 1. The molecule has 0 heterocycles. The summed E-state index contributed by atoms with van der Waals surface area (Å²) < 4.78 is 4.59. The number of esters is 1. The minimum absolute atomic E-state index is 0.130. The molecule has 0 saturated heterocycles. The van der Waals surface area contributed by atoms with E-state index >= 15 is 0 Å². The highest BCUT2D eigenvalue weighted by molar-refractivity contribution is 6.82. The van der Waals surface area contributed by atoms with Crippen LogP contribution in [-0.2, 0) is 9.53 Å². The van der Waals surface area contributed by atoms with E-state index in [1.807, 2.05) is 0 Å². The van der Waals surface area contributed by atoms with Crippen LogP contribution in [0, 0.1) is 10.1 Å². The molecule has 0 unspecified atom stereocenters. The molecule has 0 aromatic heterocycles. The Morgan fingerprint density at radius 3 is 2.83 bits per heavy atom. The normalized spacial score (nSPS) is 10.9.